The number of ether oxygens (including phenoxy) is 3. The monoisotopic (exact) mass is 1040 g/mol. The van der Waals surface area contributed by atoms with E-state index >= 15 is 0 Å². The Morgan fingerprint density at radius 3 is 1.62 bits per heavy atom. The van der Waals surface area contributed by atoms with Crippen molar-refractivity contribution in [3.05, 3.63) is 92.2 Å². The largest absolute Gasteiger partial charge is 0.481 e. The third-order valence-corrected chi connectivity index (χ3v) is 12.3. The van der Waals surface area contributed by atoms with E-state index in [0.717, 1.165) is 9.34 Å². The summed E-state index contributed by atoms with van der Waals surface area (Å²) in [7, 11) is 1.26. The van der Waals surface area contributed by atoms with Crippen molar-refractivity contribution < 1.29 is 52.6 Å². The molecule has 6 rings (SSSR count). The first kappa shape index (κ1) is 56.6. The minimum atomic E-state index is -3.71. The number of methoxy groups -OCH3 is 1. The van der Waals surface area contributed by atoms with Crippen molar-refractivity contribution >= 4 is 112 Å². The van der Waals surface area contributed by atoms with Gasteiger partial charge in [-0.15, -0.1) is 0 Å². The van der Waals surface area contributed by atoms with Gasteiger partial charge in [-0.25, -0.2) is 43.7 Å². The van der Waals surface area contributed by atoms with Crippen molar-refractivity contribution in [1.29, 1.82) is 0 Å². The number of halogens is 5. The maximum Gasteiger partial charge on any atom is 0.417 e. The maximum absolute atomic E-state index is 12.1. The molecule has 6 heterocycles. The van der Waals surface area contributed by atoms with Crippen LogP contribution in [0.1, 0.15) is 60.1 Å². The second kappa shape index (κ2) is 28.5. The lowest BCUT2D eigenvalue weighted by Crippen LogP contribution is -2.30. The number of hydrogen-bond acceptors (Lipinski definition) is 18. The maximum atomic E-state index is 12.1. The number of cyclic esters (lactones) is 2. The van der Waals surface area contributed by atoms with Crippen molar-refractivity contribution in [3.8, 4) is 0 Å². The number of amides is 3. The van der Waals surface area contributed by atoms with E-state index in [1.165, 1.54) is 83.0 Å². The number of anilines is 2. The van der Waals surface area contributed by atoms with E-state index in [4.69, 9.17) is 68.5 Å². The first-order chi connectivity index (χ1) is 31.2. The Morgan fingerprint density at radius 1 is 0.788 bits per heavy atom. The first-order valence-corrected chi connectivity index (χ1v) is 23.2. The number of esters is 1. The molecule has 2 aliphatic heterocycles. The lowest BCUT2D eigenvalue weighted by molar-refractivity contribution is -0.136. The standard InChI is InChI=1S/C13H10Cl2N4O2.C7H5Cl2NO2.C6H8ClN2O5P.C6H7N3O2.C6H15N/c1-7(20)12-13(17-3-2-16-12)19-11(21)5-10-9(15)4-8(14)6-18-10;8-4-1-5(9)6(10-3-4)2-7(11)12;7-15(12,8-1-3-13-5(8)10)9-2-4-14-6(9)11;1-11-6(10)4-5(7)9-3-2-8-4;1-4-7(5-2)6-3/h2-4,6H,5H2,1H3,(H,17,19,21);1,3H,2H2,(H,11,12);1-4H2;2-3H,1H3,(H2,7,9);4-6H2,1-3H3. The molecule has 3 amide bonds. The molecule has 0 radical (unpaired) electrons. The van der Waals surface area contributed by atoms with Crippen LogP contribution in [0.4, 0.5) is 21.2 Å². The highest BCUT2D eigenvalue weighted by Gasteiger charge is 2.47. The normalized spacial score (nSPS) is 12.7. The Morgan fingerprint density at radius 2 is 1.24 bits per heavy atom. The molecule has 4 N–H and O–H groups in total. The van der Waals surface area contributed by atoms with Gasteiger partial charge < -0.3 is 35.3 Å². The predicted molar refractivity (Wildman–Crippen MR) is 245 cm³/mol. The van der Waals surface area contributed by atoms with Crippen LogP contribution in [0.3, 0.4) is 0 Å². The summed E-state index contributed by atoms with van der Waals surface area (Å²) < 4.78 is 27.4. The molecule has 2 fully saturated rings. The number of Topliss-reactive ketones (excluding diaryl/α,β-unsaturated/α-hetero) is 1. The number of carboxylic acid groups (broad SMARTS) is 1. The highest BCUT2D eigenvalue weighted by molar-refractivity contribution is 7.86. The molecule has 0 atom stereocenters. The van der Waals surface area contributed by atoms with E-state index in [1.807, 2.05) is 0 Å². The number of nitrogens with zero attached hydrogens (tertiary/aromatic N) is 9. The molecule has 0 saturated carbocycles. The highest BCUT2D eigenvalue weighted by Crippen LogP contribution is 2.60. The van der Waals surface area contributed by atoms with Crippen LogP contribution in [0.15, 0.2) is 49.3 Å². The third kappa shape index (κ3) is 18.4. The Bertz CT molecular complexity index is 2330. The van der Waals surface area contributed by atoms with Gasteiger partial charge >= 0.3 is 30.9 Å². The summed E-state index contributed by atoms with van der Waals surface area (Å²) in [6.07, 6.45) is 6.52. The predicted octanol–water partition coefficient (Wildman–Crippen LogP) is 7.01. The SMILES string of the molecule is CC(=O)c1nccnc1NC(=O)Cc1ncc(Cl)cc1Cl.CCN(CC)CC.COC(=O)c1nccnc1N.O=C(O)Cc1ncc(Cl)cc1Cl.O=C1OCCN1P(=O)(Cl)N1CCOC1=O. The molecule has 4 aromatic heterocycles. The second-order valence-corrected chi connectivity index (χ2v) is 17.5. The highest BCUT2D eigenvalue weighted by atomic mass is 35.7. The minimum absolute atomic E-state index is 0.0509. The zero-order valence-electron chi connectivity index (χ0n) is 36.0. The number of carbonyl (C=O) groups excluding carboxylic acids is 5. The van der Waals surface area contributed by atoms with Crippen molar-refractivity contribution in [2.75, 3.05) is 64.1 Å². The molecule has 66 heavy (non-hydrogen) atoms. The van der Waals surface area contributed by atoms with Gasteiger partial charge in [0.25, 0.3) is 0 Å². The van der Waals surface area contributed by atoms with Crippen molar-refractivity contribution in [1.82, 2.24) is 44.1 Å². The van der Waals surface area contributed by atoms with Crippen LogP contribution in [-0.2, 0) is 41.2 Å². The van der Waals surface area contributed by atoms with Gasteiger partial charge in [0.15, 0.2) is 23.1 Å². The smallest absolute Gasteiger partial charge is 0.417 e. The molecule has 4 aromatic rings. The number of hydrogen-bond donors (Lipinski definition) is 3. The molecule has 358 valence electrons. The van der Waals surface area contributed by atoms with Crippen molar-refractivity contribution in [2.24, 2.45) is 0 Å². The summed E-state index contributed by atoms with van der Waals surface area (Å²) in [6.45, 7) is 8.24. The number of ketones is 1. The quantitative estimate of drug-likeness (QED) is 0.0556. The number of aromatic nitrogens is 6. The number of carbonyl (C=O) groups is 6. The Kier molecular flexibility index (Phi) is 24.5. The van der Waals surface area contributed by atoms with Gasteiger partial charge in [-0.2, -0.15) is 0 Å². The molecule has 0 aliphatic carbocycles. The van der Waals surface area contributed by atoms with Gasteiger partial charge in [0, 0.05) is 44.1 Å². The molecule has 0 aromatic carbocycles. The van der Waals surface area contributed by atoms with Gasteiger partial charge in [-0.3, -0.25) is 28.9 Å². The Balaban J connectivity index is 0.000000296. The molecule has 28 heteroatoms. The lowest BCUT2D eigenvalue weighted by Gasteiger charge is -2.25. The van der Waals surface area contributed by atoms with Gasteiger partial charge in [0.05, 0.1) is 64.5 Å². The van der Waals surface area contributed by atoms with Gasteiger partial charge in [0.1, 0.15) is 18.9 Å². The molecule has 0 unspecified atom stereocenters. The van der Waals surface area contributed by atoms with E-state index < -0.39 is 36.8 Å². The van der Waals surface area contributed by atoms with E-state index in [2.05, 4.69) is 75.1 Å². The zero-order chi connectivity index (χ0) is 49.6. The summed E-state index contributed by atoms with van der Waals surface area (Å²) in [5, 5.41) is 12.3. The lowest BCUT2D eigenvalue weighted by atomic mass is 10.2. The van der Waals surface area contributed by atoms with Gasteiger partial charge in [0.2, 0.25) is 5.91 Å². The van der Waals surface area contributed by atoms with Crippen LogP contribution in [-0.4, -0.2) is 138 Å². The van der Waals surface area contributed by atoms with Crippen molar-refractivity contribution in [2.45, 2.75) is 40.5 Å². The van der Waals surface area contributed by atoms with Crippen LogP contribution >= 0.6 is 64.4 Å². The Labute approximate surface area is 403 Å². The van der Waals surface area contributed by atoms with Crippen LogP contribution < -0.4 is 11.1 Å². The van der Waals surface area contributed by atoms with Crippen molar-refractivity contribution in [3.63, 3.8) is 0 Å². The number of rotatable bonds is 12. The number of pyridine rings is 2. The molecular formula is C38H45Cl5N11O11P. The van der Waals surface area contributed by atoms with E-state index in [9.17, 15) is 33.3 Å². The van der Waals surface area contributed by atoms with Crippen LogP contribution in [0.2, 0.25) is 20.1 Å². The fraction of sp³-hybridized carbons (Fsp3) is 0.368. The molecule has 22 nitrogen and oxygen atoms in total. The van der Waals surface area contributed by atoms with Gasteiger partial charge in [-0.05, 0) is 43.0 Å². The summed E-state index contributed by atoms with van der Waals surface area (Å²) >= 11 is 28.7. The average molecular weight is 1040 g/mol. The summed E-state index contributed by atoms with van der Waals surface area (Å²) in [5.41, 5.74) is 6.18. The van der Waals surface area contributed by atoms with Crippen LogP contribution in [0, 0.1) is 0 Å². The number of nitrogens with one attached hydrogen (secondary N) is 1. The van der Waals surface area contributed by atoms with Crippen LogP contribution in [0.5, 0.6) is 0 Å². The third-order valence-electron chi connectivity index (χ3n) is 8.23. The second-order valence-electron chi connectivity index (χ2n) is 12.6. The fourth-order valence-electron chi connectivity index (χ4n) is 4.93. The molecule has 0 bridgehead atoms. The fourth-order valence-corrected chi connectivity index (χ4v) is 8.08. The van der Waals surface area contributed by atoms with Crippen LogP contribution in [0.25, 0.3) is 0 Å². The number of aliphatic carboxylic acids is 1. The van der Waals surface area contributed by atoms with E-state index in [-0.39, 0.29) is 73.0 Å². The topological polar surface area (TPSA) is 293 Å². The molecule has 2 saturated heterocycles. The minimum Gasteiger partial charge on any atom is -0.481 e. The average Bonchev–Trinajstić information content (AvgIpc) is 3.93. The summed E-state index contributed by atoms with van der Waals surface area (Å²) in [5.74, 6) is -2.04. The van der Waals surface area contributed by atoms with Gasteiger partial charge in [-0.1, -0.05) is 67.2 Å². The molecular weight excluding hydrogens is 995 g/mol. The van der Waals surface area contributed by atoms with E-state index in [0.29, 0.717) is 26.5 Å². The summed E-state index contributed by atoms with van der Waals surface area (Å²) in [4.78, 5) is 92.1. The molecule has 2 aliphatic rings. The number of nitrogen functional groups attached to an aromatic ring is 1. The number of nitrogens with two attached hydrogens (primary N) is 1. The summed E-state index contributed by atoms with van der Waals surface area (Å²) in [6, 6.07) is 2.97. The van der Waals surface area contributed by atoms with E-state index in [1.54, 1.807) is 0 Å². The first-order valence-electron chi connectivity index (χ1n) is 19.2. The number of carboxylic acids is 1. The molecule has 0 spiro atoms. The Hall–Kier alpha value is -5.48. The zero-order valence-corrected chi connectivity index (χ0v) is 40.6.